The smallest absolute Gasteiger partial charge is 0.0496 e. The number of hydrogen-bond donors (Lipinski definition) is 2. The van der Waals surface area contributed by atoms with Gasteiger partial charge in [-0.1, -0.05) is 41.5 Å². The molecule has 98 valence electrons. The zero-order valence-electron chi connectivity index (χ0n) is 12.0. The van der Waals surface area contributed by atoms with Crippen molar-refractivity contribution in [3.63, 3.8) is 0 Å². The minimum Gasteiger partial charge on any atom is -0.396 e. The lowest BCUT2D eigenvalue weighted by Crippen LogP contribution is -2.38. The van der Waals surface area contributed by atoms with Gasteiger partial charge in [-0.3, -0.25) is 0 Å². The van der Waals surface area contributed by atoms with Gasteiger partial charge in [0.1, 0.15) is 0 Å². The van der Waals surface area contributed by atoms with Crippen LogP contribution in [0.2, 0.25) is 0 Å². The van der Waals surface area contributed by atoms with E-state index in [-0.39, 0.29) is 12.0 Å². The van der Waals surface area contributed by atoms with Crippen molar-refractivity contribution in [1.82, 2.24) is 5.32 Å². The van der Waals surface area contributed by atoms with Gasteiger partial charge in [0, 0.05) is 18.6 Å². The van der Waals surface area contributed by atoms with Crippen LogP contribution in [0.3, 0.4) is 0 Å². The highest BCUT2D eigenvalue weighted by Crippen LogP contribution is 2.21. The molecule has 0 aromatic rings. The topological polar surface area (TPSA) is 32.3 Å². The summed E-state index contributed by atoms with van der Waals surface area (Å²) in [6.07, 6.45) is 1.02. The second-order valence-electron chi connectivity index (χ2n) is 6.11. The molecule has 0 aliphatic heterocycles. The summed E-state index contributed by atoms with van der Waals surface area (Å²) in [4.78, 5) is 0. The van der Waals surface area contributed by atoms with Crippen LogP contribution in [-0.2, 0) is 0 Å². The second kappa shape index (κ2) is 7.29. The molecular weight excluding hydrogens is 198 g/mol. The summed E-state index contributed by atoms with van der Waals surface area (Å²) in [6, 6.07) is 0. The monoisotopic (exact) mass is 229 g/mol. The fraction of sp³-hybridized carbons (Fsp3) is 1.00. The first kappa shape index (κ1) is 15.9. The summed E-state index contributed by atoms with van der Waals surface area (Å²) in [7, 11) is 0. The Bertz CT molecular complexity index is 166. The quantitative estimate of drug-likeness (QED) is 0.671. The molecule has 0 bridgehead atoms. The van der Waals surface area contributed by atoms with Crippen molar-refractivity contribution in [3.05, 3.63) is 0 Å². The molecule has 0 rings (SSSR count). The molecule has 2 heteroatoms. The molecule has 0 radical (unpaired) electrons. The number of rotatable bonds is 8. The van der Waals surface area contributed by atoms with Crippen molar-refractivity contribution in [1.29, 1.82) is 0 Å². The normalized spacial score (nSPS) is 16.1. The van der Waals surface area contributed by atoms with Crippen LogP contribution in [0.1, 0.15) is 48.0 Å². The Morgan fingerprint density at radius 2 is 1.62 bits per heavy atom. The third-order valence-corrected chi connectivity index (χ3v) is 3.88. The Labute approximate surface area is 102 Å². The van der Waals surface area contributed by atoms with Crippen LogP contribution in [-0.4, -0.2) is 24.8 Å². The zero-order valence-corrected chi connectivity index (χ0v) is 12.0. The van der Waals surface area contributed by atoms with Crippen molar-refractivity contribution in [2.24, 2.45) is 23.2 Å². The van der Waals surface area contributed by atoms with Gasteiger partial charge in [0.25, 0.3) is 0 Å². The lowest BCUT2D eigenvalue weighted by Gasteiger charge is -2.30. The molecule has 2 N–H and O–H groups in total. The van der Waals surface area contributed by atoms with E-state index in [9.17, 15) is 5.11 Å². The van der Waals surface area contributed by atoms with Gasteiger partial charge in [-0.15, -0.1) is 0 Å². The third kappa shape index (κ3) is 5.31. The summed E-state index contributed by atoms with van der Waals surface area (Å²) >= 11 is 0. The molecule has 0 aromatic heterocycles. The highest BCUT2D eigenvalue weighted by Gasteiger charge is 2.22. The van der Waals surface area contributed by atoms with E-state index in [0.717, 1.165) is 37.3 Å². The molecule has 0 aliphatic rings. The Hall–Kier alpha value is -0.0800. The van der Waals surface area contributed by atoms with E-state index < -0.39 is 0 Å². The van der Waals surface area contributed by atoms with Gasteiger partial charge in [0.05, 0.1) is 0 Å². The van der Waals surface area contributed by atoms with E-state index in [2.05, 4.69) is 46.9 Å². The number of aliphatic hydroxyl groups is 1. The third-order valence-electron chi connectivity index (χ3n) is 3.88. The van der Waals surface area contributed by atoms with Gasteiger partial charge in [0.15, 0.2) is 0 Å². The fourth-order valence-corrected chi connectivity index (χ4v) is 2.07. The van der Waals surface area contributed by atoms with Crippen molar-refractivity contribution < 1.29 is 5.11 Å². The van der Waals surface area contributed by atoms with Crippen LogP contribution in [0.5, 0.6) is 0 Å². The Kier molecular flexibility index (Phi) is 7.25. The van der Waals surface area contributed by atoms with Crippen molar-refractivity contribution >= 4 is 0 Å². The van der Waals surface area contributed by atoms with E-state index in [1.165, 1.54) is 0 Å². The van der Waals surface area contributed by atoms with Gasteiger partial charge < -0.3 is 10.4 Å². The maximum atomic E-state index is 9.33. The predicted octanol–water partition coefficient (Wildman–Crippen LogP) is 2.91. The highest BCUT2D eigenvalue weighted by molar-refractivity contribution is 4.76. The molecular formula is C14H31NO. The van der Waals surface area contributed by atoms with Crippen LogP contribution in [0.25, 0.3) is 0 Å². The Balaban J connectivity index is 4.04. The SMILES string of the molecule is CCC(C)(CO)CNCC(C(C)C)C(C)C. The van der Waals surface area contributed by atoms with Gasteiger partial charge >= 0.3 is 0 Å². The van der Waals surface area contributed by atoms with Gasteiger partial charge in [-0.05, 0) is 30.7 Å². The molecule has 0 saturated carbocycles. The predicted molar refractivity (Wildman–Crippen MR) is 71.5 cm³/mol. The molecule has 0 fully saturated rings. The van der Waals surface area contributed by atoms with Crippen LogP contribution in [0, 0.1) is 23.2 Å². The summed E-state index contributed by atoms with van der Waals surface area (Å²) in [6.45, 7) is 15.7. The van der Waals surface area contributed by atoms with Crippen molar-refractivity contribution in [2.75, 3.05) is 19.7 Å². The maximum absolute atomic E-state index is 9.33. The van der Waals surface area contributed by atoms with Crippen LogP contribution >= 0.6 is 0 Å². The molecule has 2 nitrogen and oxygen atoms in total. The van der Waals surface area contributed by atoms with Gasteiger partial charge in [-0.25, -0.2) is 0 Å². The number of aliphatic hydroxyl groups excluding tert-OH is 1. The molecule has 0 spiro atoms. The molecule has 0 aromatic carbocycles. The van der Waals surface area contributed by atoms with E-state index in [1.807, 2.05) is 0 Å². The number of hydrogen-bond acceptors (Lipinski definition) is 2. The molecule has 1 unspecified atom stereocenters. The molecule has 1 atom stereocenters. The Morgan fingerprint density at radius 3 is 1.94 bits per heavy atom. The lowest BCUT2D eigenvalue weighted by molar-refractivity contribution is 0.131. The van der Waals surface area contributed by atoms with Crippen LogP contribution in [0.15, 0.2) is 0 Å². The summed E-state index contributed by atoms with van der Waals surface area (Å²) < 4.78 is 0. The summed E-state index contributed by atoms with van der Waals surface area (Å²) in [5.74, 6) is 2.16. The Morgan fingerprint density at radius 1 is 1.12 bits per heavy atom. The minimum absolute atomic E-state index is 0.0402. The molecule has 16 heavy (non-hydrogen) atoms. The standard InChI is InChI=1S/C14H31NO/c1-7-14(6,10-16)9-15-8-13(11(2)3)12(4)5/h11-13,15-16H,7-10H2,1-6H3. The molecule has 0 heterocycles. The van der Waals surface area contributed by atoms with E-state index in [0.29, 0.717) is 0 Å². The van der Waals surface area contributed by atoms with Gasteiger partial charge in [-0.2, -0.15) is 0 Å². The first-order valence-electron chi connectivity index (χ1n) is 6.68. The minimum atomic E-state index is 0.0402. The van der Waals surface area contributed by atoms with E-state index >= 15 is 0 Å². The highest BCUT2D eigenvalue weighted by atomic mass is 16.3. The second-order valence-corrected chi connectivity index (χ2v) is 6.11. The first-order valence-corrected chi connectivity index (χ1v) is 6.68. The van der Waals surface area contributed by atoms with Crippen LogP contribution in [0.4, 0.5) is 0 Å². The van der Waals surface area contributed by atoms with E-state index in [1.54, 1.807) is 0 Å². The van der Waals surface area contributed by atoms with Crippen molar-refractivity contribution in [3.8, 4) is 0 Å². The van der Waals surface area contributed by atoms with Crippen LogP contribution < -0.4 is 5.32 Å². The summed E-state index contributed by atoms with van der Waals surface area (Å²) in [5.41, 5.74) is 0.0402. The average molecular weight is 229 g/mol. The molecule has 0 amide bonds. The zero-order chi connectivity index (χ0) is 12.8. The maximum Gasteiger partial charge on any atom is 0.0496 e. The lowest BCUT2D eigenvalue weighted by atomic mass is 9.84. The molecule has 0 saturated heterocycles. The first-order chi connectivity index (χ1) is 7.36. The molecule has 0 aliphatic carbocycles. The fourth-order valence-electron chi connectivity index (χ4n) is 2.07. The number of nitrogens with one attached hydrogen (secondary N) is 1. The largest absolute Gasteiger partial charge is 0.396 e. The van der Waals surface area contributed by atoms with Crippen molar-refractivity contribution in [2.45, 2.75) is 48.0 Å². The average Bonchev–Trinajstić information content (AvgIpc) is 2.23. The summed E-state index contributed by atoms with van der Waals surface area (Å²) in [5, 5.41) is 12.9. The van der Waals surface area contributed by atoms with Gasteiger partial charge in [0.2, 0.25) is 0 Å². The van der Waals surface area contributed by atoms with E-state index in [4.69, 9.17) is 0 Å².